The predicted molar refractivity (Wildman–Crippen MR) is 69.6 cm³/mol. The largest absolute Gasteiger partial charge is 0.389 e. The third-order valence-electron chi connectivity index (χ3n) is 3.81. The highest BCUT2D eigenvalue weighted by Crippen LogP contribution is 2.27. The summed E-state index contributed by atoms with van der Waals surface area (Å²) in [4.78, 5) is 0. The molecule has 0 bridgehead atoms. The number of aliphatic hydroxyl groups is 1. The van der Waals surface area contributed by atoms with Crippen LogP contribution in [0.5, 0.6) is 0 Å². The van der Waals surface area contributed by atoms with Crippen LogP contribution in [-0.4, -0.2) is 22.8 Å². The van der Waals surface area contributed by atoms with Crippen molar-refractivity contribution in [2.45, 2.75) is 83.3 Å². The van der Waals surface area contributed by atoms with Gasteiger partial charge in [0, 0.05) is 12.1 Å². The molecule has 1 aliphatic rings. The molecule has 0 aliphatic heterocycles. The second-order valence-corrected chi connectivity index (χ2v) is 6.13. The SMILES string of the molecule is CCCC(C)(C)NCC1(O)CCCCCC1. The fourth-order valence-corrected chi connectivity index (χ4v) is 2.68. The van der Waals surface area contributed by atoms with Crippen LogP contribution < -0.4 is 5.32 Å². The van der Waals surface area contributed by atoms with Gasteiger partial charge in [0.25, 0.3) is 0 Å². The Bertz CT molecular complexity index is 193. The van der Waals surface area contributed by atoms with E-state index in [0.717, 1.165) is 19.4 Å². The van der Waals surface area contributed by atoms with E-state index in [4.69, 9.17) is 0 Å². The van der Waals surface area contributed by atoms with Gasteiger partial charge in [-0.05, 0) is 33.1 Å². The standard InChI is InChI=1S/C14H29NO/c1-4-9-13(2,3)15-12-14(16)10-7-5-6-8-11-14/h15-16H,4-12H2,1-3H3. The van der Waals surface area contributed by atoms with Crippen LogP contribution in [0.15, 0.2) is 0 Å². The molecule has 0 aromatic carbocycles. The summed E-state index contributed by atoms with van der Waals surface area (Å²) in [5.41, 5.74) is -0.279. The van der Waals surface area contributed by atoms with Crippen LogP contribution in [0.4, 0.5) is 0 Å². The van der Waals surface area contributed by atoms with Gasteiger partial charge in [-0.3, -0.25) is 0 Å². The molecule has 1 fully saturated rings. The molecule has 0 aromatic rings. The Balaban J connectivity index is 2.39. The van der Waals surface area contributed by atoms with Crippen molar-refractivity contribution in [2.75, 3.05) is 6.54 Å². The number of rotatable bonds is 5. The Morgan fingerprint density at radius 1 is 1.12 bits per heavy atom. The van der Waals surface area contributed by atoms with Gasteiger partial charge >= 0.3 is 0 Å². The third-order valence-corrected chi connectivity index (χ3v) is 3.81. The topological polar surface area (TPSA) is 32.3 Å². The van der Waals surface area contributed by atoms with Crippen molar-refractivity contribution in [1.29, 1.82) is 0 Å². The zero-order valence-corrected chi connectivity index (χ0v) is 11.3. The molecule has 0 aromatic heterocycles. The van der Waals surface area contributed by atoms with Crippen LogP contribution in [0.2, 0.25) is 0 Å². The highest BCUT2D eigenvalue weighted by molar-refractivity contribution is 4.87. The Morgan fingerprint density at radius 2 is 1.69 bits per heavy atom. The van der Waals surface area contributed by atoms with Crippen LogP contribution in [0.3, 0.4) is 0 Å². The monoisotopic (exact) mass is 227 g/mol. The molecule has 0 atom stereocenters. The molecule has 0 amide bonds. The molecule has 1 aliphatic carbocycles. The maximum atomic E-state index is 10.5. The fraction of sp³-hybridized carbons (Fsp3) is 1.00. The molecular formula is C14H29NO. The maximum absolute atomic E-state index is 10.5. The summed E-state index contributed by atoms with van der Waals surface area (Å²) in [6, 6.07) is 0. The van der Waals surface area contributed by atoms with Gasteiger partial charge in [-0.25, -0.2) is 0 Å². The van der Waals surface area contributed by atoms with Gasteiger partial charge in [0.05, 0.1) is 5.60 Å². The minimum absolute atomic E-state index is 0.163. The molecule has 16 heavy (non-hydrogen) atoms. The fourth-order valence-electron chi connectivity index (χ4n) is 2.68. The van der Waals surface area contributed by atoms with Gasteiger partial charge in [0.2, 0.25) is 0 Å². The van der Waals surface area contributed by atoms with Gasteiger partial charge in [0.1, 0.15) is 0 Å². The first-order chi connectivity index (χ1) is 7.47. The Morgan fingerprint density at radius 3 is 2.19 bits per heavy atom. The molecular weight excluding hydrogens is 198 g/mol. The van der Waals surface area contributed by atoms with E-state index in [1.165, 1.54) is 38.5 Å². The minimum atomic E-state index is -0.443. The molecule has 2 heteroatoms. The maximum Gasteiger partial charge on any atom is 0.0771 e. The normalized spacial score (nSPS) is 21.8. The minimum Gasteiger partial charge on any atom is -0.389 e. The van der Waals surface area contributed by atoms with Crippen LogP contribution in [-0.2, 0) is 0 Å². The zero-order chi connectivity index (χ0) is 12.1. The van der Waals surface area contributed by atoms with Crippen LogP contribution in [0, 0.1) is 0 Å². The summed E-state index contributed by atoms with van der Waals surface area (Å²) in [6.07, 6.45) is 9.27. The van der Waals surface area contributed by atoms with E-state index in [1.807, 2.05) is 0 Å². The van der Waals surface area contributed by atoms with Gasteiger partial charge in [0.15, 0.2) is 0 Å². The summed E-state index contributed by atoms with van der Waals surface area (Å²) in [7, 11) is 0. The summed E-state index contributed by atoms with van der Waals surface area (Å²) in [5.74, 6) is 0. The number of hydrogen-bond donors (Lipinski definition) is 2. The van der Waals surface area contributed by atoms with E-state index < -0.39 is 5.60 Å². The van der Waals surface area contributed by atoms with Gasteiger partial charge < -0.3 is 10.4 Å². The van der Waals surface area contributed by atoms with Crippen molar-refractivity contribution >= 4 is 0 Å². The first-order valence-electron chi connectivity index (χ1n) is 6.95. The van der Waals surface area contributed by atoms with Crippen molar-refractivity contribution in [2.24, 2.45) is 0 Å². The lowest BCUT2D eigenvalue weighted by atomic mass is 9.91. The molecule has 0 unspecified atom stereocenters. The van der Waals surface area contributed by atoms with E-state index in [-0.39, 0.29) is 5.54 Å². The number of β-amino-alcohol motifs (C(OH)–C–C–N with tert-alkyl or cyclic N) is 1. The smallest absolute Gasteiger partial charge is 0.0771 e. The van der Waals surface area contributed by atoms with E-state index >= 15 is 0 Å². The van der Waals surface area contributed by atoms with Gasteiger partial charge in [-0.15, -0.1) is 0 Å². The van der Waals surface area contributed by atoms with Gasteiger partial charge in [-0.2, -0.15) is 0 Å². The average Bonchev–Trinajstić information content (AvgIpc) is 2.41. The molecule has 0 radical (unpaired) electrons. The molecule has 0 heterocycles. The van der Waals surface area contributed by atoms with E-state index in [0.29, 0.717) is 0 Å². The summed E-state index contributed by atoms with van der Waals surface area (Å²) < 4.78 is 0. The lowest BCUT2D eigenvalue weighted by molar-refractivity contribution is 0.0184. The Kier molecular flexibility index (Phi) is 5.26. The van der Waals surface area contributed by atoms with Crippen molar-refractivity contribution in [3.05, 3.63) is 0 Å². The molecule has 1 saturated carbocycles. The highest BCUT2D eigenvalue weighted by atomic mass is 16.3. The van der Waals surface area contributed by atoms with Crippen molar-refractivity contribution < 1.29 is 5.11 Å². The lowest BCUT2D eigenvalue weighted by Crippen LogP contribution is -2.49. The second-order valence-electron chi connectivity index (χ2n) is 6.13. The number of nitrogens with one attached hydrogen (secondary N) is 1. The average molecular weight is 227 g/mol. The molecule has 0 saturated heterocycles. The Labute approximate surface area is 101 Å². The summed E-state index contributed by atoms with van der Waals surface area (Å²) in [5, 5.41) is 14.1. The van der Waals surface area contributed by atoms with E-state index in [9.17, 15) is 5.11 Å². The molecule has 2 nitrogen and oxygen atoms in total. The van der Waals surface area contributed by atoms with Crippen LogP contribution in [0.25, 0.3) is 0 Å². The van der Waals surface area contributed by atoms with Crippen molar-refractivity contribution in [3.8, 4) is 0 Å². The second kappa shape index (κ2) is 6.02. The third kappa shape index (κ3) is 4.84. The summed E-state index contributed by atoms with van der Waals surface area (Å²) >= 11 is 0. The molecule has 2 N–H and O–H groups in total. The number of hydrogen-bond acceptors (Lipinski definition) is 2. The van der Waals surface area contributed by atoms with E-state index in [2.05, 4.69) is 26.1 Å². The highest BCUT2D eigenvalue weighted by Gasteiger charge is 2.29. The lowest BCUT2D eigenvalue weighted by Gasteiger charge is -2.33. The quantitative estimate of drug-likeness (QED) is 0.707. The van der Waals surface area contributed by atoms with Crippen LogP contribution in [0.1, 0.15) is 72.1 Å². The Hall–Kier alpha value is -0.0800. The molecule has 96 valence electrons. The van der Waals surface area contributed by atoms with Crippen molar-refractivity contribution in [1.82, 2.24) is 5.32 Å². The molecule has 1 rings (SSSR count). The van der Waals surface area contributed by atoms with Gasteiger partial charge in [-0.1, -0.05) is 39.0 Å². The first kappa shape index (κ1) is 14.0. The van der Waals surface area contributed by atoms with Crippen molar-refractivity contribution in [3.63, 3.8) is 0 Å². The predicted octanol–water partition coefficient (Wildman–Crippen LogP) is 3.24. The first-order valence-corrected chi connectivity index (χ1v) is 6.95. The zero-order valence-electron chi connectivity index (χ0n) is 11.3. The van der Waals surface area contributed by atoms with E-state index in [1.54, 1.807) is 0 Å². The summed E-state index contributed by atoms with van der Waals surface area (Å²) in [6.45, 7) is 7.44. The van der Waals surface area contributed by atoms with Crippen LogP contribution >= 0.6 is 0 Å². The molecule has 0 spiro atoms.